The van der Waals surface area contributed by atoms with Gasteiger partial charge >= 0.3 is 0 Å². The van der Waals surface area contributed by atoms with Crippen molar-refractivity contribution in [3.63, 3.8) is 0 Å². The van der Waals surface area contributed by atoms with Gasteiger partial charge in [-0.3, -0.25) is 4.90 Å². The first kappa shape index (κ1) is 14.3. The molecule has 1 aromatic heterocycles. The lowest BCUT2D eigenvalue weighted by atomic mass is 10.1. The van der Waals surface area contributed by atoms with Gasteiger partial charge < -0.3 is 9.73 Å². The Balaban J connectivity index is 1.53. The number of aromatic nitrogens is 1. The summed E-state index contributed by atoms with van der Waals surface area (Å²) in [6.07, 6.45) is 2.57. The molecule has 0 aliphatic carbocycles. The van der Waals surface area contributed by atoms with E-state index in [-0.39, 0.29) is 0 Å². The highest BCUT2D eigenvalue weighted by Crippen LogP contribution is 2.26. The minimum Gasteiger partial charge on any atom is -0.424 e. The zero-order chi connectivity index (χ0) is 15.5. The first-order valence-corrected chi connectivity index (χ1v) is 8.28. The number of rotatable bonds is 5. The van der Waals surface area contributed by atoms with Gasteiger partial charge in [-0.2, -0.15) is 4.98 Å². The third-order valence-corrected chi connectivity index (χ3v) is 4.51. The summed E-state index contributed by atoms with van der Waals surface area (Å²) in [5.74, 6) is 0. The maximum absolute atomic E-state index is 5.78. The van der Waals surface area contributed by atoms with Crippen LogP contribution in [0.5, 0.6) is 0 Å². The molecule has 0 saturated carbocycles. The molecule has 1 atom stereocenters. The van der Waals surface area contributed by atoms with Crippen LogP contribution in [0.15, 0.2) is 59.0 Å². The van der Waals surface area contributed by atoms with Crippen molar-refractivity contribution in [2.24, 2.45) is 0 Å². The maximum Gasteiger partial charge on any atom is 0.295 e. The summed E-state index contributed by atoms with van der Waals surface area (Å²) in [4.78, 5) is 7.06. The number of anilines is 1. The molecule has 1 fully saturated rings. The predicted molar refractivity (Wildman–Crippen MR) is 92.5 cm³/mol. The van der Waals surface area contributed by atoms with Crippen LogP contribution in [-0.4, -0.2) is 29.5 Å². The van der Waals surface area contributed by atoms with E-state index in [4.69, 9.17) is 4.42 Å². The van der Waals surface area contributed by atoms with Gasteiger partial charge in [-0.15, -0.1) is 0 Å². The average molecular weight is 307 g/mol. The molecular formula is C19H21N3O. The van der Waals surface area contributed by atoms with Gasteiger partial charge in [0.2, 0.25) is 0 Å². The molecule has 0 bridgehead atoms. The Morgan fingerprint density at radius 2 is 1.74 bits per heavy atom. The van der Waals surface area contributed by atoms with E-state index in [0.29, 0.717) is 12.1 Å². The number of nitrogens with one attached hydrogen (secondary N) is 1. The van der Waals surface area contributed by atoms with Crippen molar-refractivity contribution in [3.8, 4) is 0 Å². The summed E-state index contributed by atoms with van der Waals surface area (Å²) >= 11 is 0. The van der Waals surface area contributed by atoms with Crippen molar-refractivity contribution in [1.29, 1.82) is 0 Å². The van der Waals surface area contributed by atoms with Crippen LogP contribution in [-0.2, 0) is 0 Å². The highest BCUT2D eigenvalue weighted by Gasteiger charge is 2.23. The minimum atomic E-state index is 0.355. The molecule has 0 spiro atoms. The first-order chi connectivity index (χ1) is 11.4. The summed E-state index contributed by atoms with van der Waals surface area (Å²) in [5.41, 5.74) is 3.07. The number of oxazole rings is 1. The van der Waals surface area contributed by atoms with Crippen LogP contribution in [0.1, 0.15) is 24.4 Å². The Bertz CT molecular complexity index is 729. The monoisotopic (exact) mass is 307 g/mol. The molecule has 0 unspecified atom stereocenters. The quantitative estimate of drug-likeness (QED) is 0.771. The van der Waals surface area contributed by atoms with Crippen LogP contribution in [0.4, 0.5) is 6.01 Å². The lowest BCUT2D eigenvalue weighted by Gasteiger charge is -2.27. The van der Waals surface area contributed by atoms with Gasteiger partial charge in [0.15, 0.2) is 5.58 Å². The van der Waals surface area contributed by atoms with Gasteiger partial charge in [0.1, 0.15) is 5.52 Å². The summed E-state index contributed by atoms with van der Waals surface area (Å²) in [5, 5.41) is 3.39. The predicted octanol–water partition coefficient (Wildman–Crippen LogP) is 4.08. The molecular weight excluding hydrogens is 286 g/mol. The molecule has 4 heteroatoms. The SMILES string of the molecule is c1ccc([C@H](CNc2nc3ccccc3o2)N2CCCC2)cc1. The topological polar surface area (TPSA) is 41.3 Å². The van der Waals surface area contributed by atoms with E-state index in [9.17, 15) is 0 Å². The first-order valence-electron chi connectivity index (χ1n) is 8.28. The summed E-state index contributed by atoms with van der Waals surface area (Å²) < 4.78 is 5.78. The number of likely N-dealkylation sites (tertiary alicyclic amines) is 1. The summed E-state index contributed by atoms with van der Waals surface area (Å²) in [7, 11) is 0. The lowest BCUT2D eigenvalue weighted by molar-refractivity contribution is 0.255. The Morgan fingerprint density at radius 3 is 2.52 bits per heavy atom. The Hall–Kier alpha value is -2.33. The molecule has 0 amide bonds. The highest BCUT2D eigenvalue weighted by atomic mass is 16.4. The molecule has 1 N–H and O–H groups in total. The van der Waals surface area contributed by atoms with E-state index in [1.807, 2.05) is 24.3 Å². The zero-order valence-corrected chi connectivity index (χ0v) is 13.1. The molecule has 1 saturated heterocycles. The summed E-state index contributed by atoms with van der Waals surface area (Å²) in [6, 6.07) is 19.5. The van der Waals surface area contributed by atoms with E-state index in [1.54, 1.807) is 0 Å². The van der Waals surface area contributed by atoms with Crippen LogP contribution in [0.2, 0.25) is 0 Å². The number of para-hydroxylation sites is 2. The van der Waals surface area contributed by atoms with Crippen LogP contribution >= 0.6 is 0 Å². The fourth-order valence-corrected chi connectivity index (χ4v) is 3.32. The molecule has 3 aromatic rings. The molecule has 4 nitrogen and oxygen atoms in total. The summed E-state index contributed by atoms with van der Waals surface area (Å²) in [6.45, 7) is 3.13. The molecule has 23 heavy (non-hydrogen) atoms. The molecule has 118 valence electrons. The van der Waals surface area contributed by atoms with Gasteiger partial charge in [0, 0.05) is 6.54 Å². The third-order valence-electron chi connectivity index (χ3n) is 4.51. The molecule has 2 aromatic carbocycles. The average Bonchev–Trinajstić information content (AvgIpc) is 3.25. The van der Waals surface area contributed by atoms with E-state index < -0.39 is 0 Å². The molecule has 2 heterocycles. The van der Waals surface area contributed by atoms with Gasteiger partial charge in [0.25, 0.3) is 6.01 Å². The van der Waals surface area contributed by atoms with Crippen molar-refractivity contribution in [1.82, 2.24) is 9.88 Å². The number of nitrogens with zero attached hydrogens (tertiary/aromatic N) is 2. The lowest BCUT2D eigenvalue weighted by Crippen LogP contribution is -2.31. The second-order valence-corrected chi connectivity index (χ2v) is 6.04. The van der Waals surface area contributed by atoms with E-state index in [0.717, 1.165) is 30.7 Å². The molecule has 1 aliphatic rings. The van der Waals surface area contributed by atoms with Gasteiger partial charge in [-0.05, 0) is 43.6 Å². The zero-order valence-electron chi connectivity index (χ0n) is 13.1. The van der Waals surface area contributed by atoms with E-state index in [1.165, 1.54) is 18.4 Å². The second-order valence-electron chi connectivity index (χ2n) is 6.04. The number of hydrogen-bond acceptors (Lipinski definition) is 4. The van der Waals surface area contributed by atoms with Crippen molar-refractivity contribution in [3.05, 3.63) is 60.2 Å². The van der Waals surface area contributed by atoms with Gasteiger partial charge in [0.05, 0.1) is 6.04 Å². The van der Waals surface area contributed by atoms with E-state index in [2.05, 4.69) is 45.5 Å². The van der Waals surface area contributed by atoms with Crippen molar-refractivity contribution in [2.75, 3.05) is 25.0 Å². The number of hydrogen-bond donors (Lipinski definition) is 1. The fourth-order valence-electron chi connectivity index (χ4n) is 3.32. The number of fused-ring (bicyclic) bond motifs is 1. The van der Waals surface area contributed by atoms with Crippen LogP contribution in [0, 0.1) is 0 Å². The van der Waals surface area contributed by atoms with Crippen molar-refractivity contribution >= 4 is 17.1 Å². The minimum absolute atomic E-state index is 0.355. The highest BCUT2D eigenvalue weighted by molar-refractivity contribution is 5.74. The van der Waals surface area contributed by atoms with E-state index >= 15 is 0 Å². The molecule has 0 radical (unpaired) electrons. The number of benzene rings is 2. The van der Waals surface area contributed by atoms with Crippen molar-refractivity contribution < 1.29 is 4.42 Å². The normalized spacial score (nSPS) is 16.7. The Kier molecular flexibility index (Phi) is 3.99. The third kappa shape index (κ3) is 3.08. The molecule has 4 rings (SSSR count). The van der Waals surface area contributed by atoms with Crippen LogP contribution in [0.25, 0.3) is 11.1 Å². The smallest absolute Gasteiger partial charge is 0.295 e. The maximum atomic E-state index is 5.78. The fraction of sp³-hybridized carbons (Fsp3) is 0.316. The van der Waals surface area contributed by atoms with Gasteiger partial charge in [-0.1, -0.05) is 42.5 Å². The standard InChI is InChI=1S/C19H21N3O/c1-2-8-15(9-3-1)17(22-12-6-7-13-22)14-20-19-21-16-10-4-5-11-18(16)23-19/h1-5,8-11,17H,6-7,12-14H2,(H,20,21)/t17-/m0/s1. The second kappa shape index (κ2) is 6.42. The largest absolute Gasteiger partial charge is 0.424 e. The van der Waals surface area contributed by atoms with Crippen LogP contribution < -0.4 is 5.32 Å². The Morgan fingerprint density at radius 1 is 1.00 bits per heavy atom. The molecule has 1 aliphatic heterocycles. The Labute approximate surface area is 136 Å². The van der Waals surface area contributed by atoms with Crippen molar-refractivity contribution in [2.45, 2.75) is 18.9 Å². The van der Waals surface area contributed by atoms with Crippen LogP contribution in [0.3, 0.4) is 0 Å². The van der Waals surface area contributed by atoms with Gasteiger partial charge in [-0.25, -0.2) is 0 Å².